The zero-order valence-electron chi connectivity index (χ0n) is 16.0. The Morgan fingerprint density at radius 2 is 1.86 bits per heavy atom. The van der Waals surface area contributed by atoms with Gasteiger partial charge in [-0.25, -0.2) is 8.42 Å². The highest BCUT2D eigenvalue weighted by molar-refractivity contribution is 7.92. The first-order chi connectivity index (χ1) is 13.7. The molecular formula is C20H22N2O6S. The summed E-state index contributed by atoms with van der Waals surface area (Å²) in [7, 11) is -1.04. The van der Waals surface area contributed by atoms with E-state index >= 15 is 0 Å². The molecular weight excluding hydrogens is 396 g/mol. The molecule has 1 saturated carbocycles. The zero-order valence-corrected chi connectivity index (χ0v) is 16.9. The van der Waals surface area contributed by atoms with Crippen LogP contribution in [0.15, 0.2) is 53.4 Å². The average molecular weight is 418 g/mol. The predicted octanol–water partition coefficient (Wildman–Crippen LogP) is 1.70. The molecule has 0 bridgehead atoms. The Labute approximate surface area is 169 Å². The average Bonchev–Trinajstić information content (AvgIpc) is 3.43. The molecule has 1 aliphatic rings. The Morgan fingerprint density at radius 3 is 2.41 bits per heavy atom. The Balaban J connectivity index is 1.80. The molecule has 0 aliphatic heterocycles. The monoisotopic (exact) mass is 418 g/mol. The normalized spacial score (nSPS) is 20.6. The molecule has 0 heterocycles. The molecule has 2 unspecified atom stereocenters. The van der Waals surface area contributed by atoms with E-state index in [1.807, 2.05) is 0 Å². The molecule has 2 aromatic rings. The van der Waals surface area contributed by atoms with Crippen molar-refractivity contribution in [3.05, 3.63) is 54.1 Å². The van der Waals surface area contributed by atoms with Crippen molar-refractivity contribution in [2.75, 3.05) is 18.9 Å². The molecule has 1 fully saturated rings. The minimum absolute atomic E-state index is 0.0886. The third kappa shape index (κ3) is 4.19. The quantitative estimate of drug-likeness (QED) is 0.629. The second kappa shape index (κ2) is 7.75. The van der Waals surface area contributed by atoms with E-state index in [1.165, 1.54) is 26.4 Å². The third-order valence-electron chi connectivity index (χ3n) is 5.08. The molecule has 8 nitrogen and oxygen atoms in total. The maximum absolute atomic E-state index is 12.6. The summed E-state index contributed by atoms with van der Waals surface area (Å²) in [5, 5.41) is 0. The van der Waals surface area contributed by atoms with Crippen molar-refractivity contribution in [2.24, 2.45) is 17.1 Å². The van der Waals surface area contributed by atoms with Gasteiger partial charge in [-0.3, -0.25) is 14.3 Å². The molecule has 2 atom stereocenters. The number of ether oxygens (including phenoxy) is 2. The van der Waals surface area contributed by atoms with Crippen molar-refractivity contribution in [3.63, 3.8) is 0 Å². The van der Waals surface area contributed by atoms with E-state index in [2.05, 4.69) is 4.72 Å². The van der Waals surface area contributed by atoms with Crippen LogP contribution < -0.4 is 15.2 Å². The Morgan fingerprint density at radius 1 is 1.17 bits per heavy atom. The summed E-state index contributed by atoms with van der Waals surface area (Å²) < 4.78 is 37.6. The number of anilines is 1. The van der Waals surface area contributed by atoms with E-state index in [9.17, 15) is 18.0 Å². The number of carbonyl (C=O) groups is 2. The minimum atomic E-state index is -3.80. The van der Waals surface area contributed by atoms with Gasteiger partial charge >= 0.3 is 5.97 Å². The number of nitrogens with two attached hydrogens (primary N) is 1. The van der Waals surface area contributed by atoms with Crippen LogP contribution in [0.3, 0.4) is 0 Å². The van der Waals surface area contributed by atoms with Gasteiger partial charge in [-0.05, 0) is 54.8 Å². The summed E-state index contributed by atoms with van der Waals surface area (Å²) in [6.45, 7) is 0. The van der Waals surface area contributed by atoms with Crippen LogP contribution in [-0.4, -0.2) is 34.5 Å². The smallest absolute Gasteiger partial charge is 0.312 e. The van der Waals surface area contributed by atoms with Gasteiger partial charge in [0.1, 0.15) is 5.75 Å². The summed E-state index contributed by atoms with van der Waals surface area (Å²) in [4.78, 5) is 23.9. The van der Waals surface area contributed by atoms with Gasteiger partial charge in [0.05, 0.1) is 30.4 Å². The van der Waals surface area contributed by atoms with Crippen molar-refractivity contribution < 1.29 is 27.5 Å². The number of benzene rings is 2. The first-order valence-electron chi connectivity index (χ1n) is 8.85. The number of nitrogens with one attached hydrogen (secondary N) is 1. The molecule has 0 aromatic heterocycles. The van der Waals surface area contributed by atoms with E-state index < -0.39 is 33.2 Å². The van der Waals surface area contributed by atoms with Gasteiger partial charge < -0.3 is 15.2 Å². The fraction of sp³-hybridized carbons (Fsp3) is 0.300. The first-order valence-corrected chi connectivity index (χ1v) is 10.3. The Bertz CT molecular complexity index is 1040. The van der Waals surface area contributed by atoms with Crippen LogP contribution in [0.5, 0.6) is 5.75 Å². The summed E-state index contributed by atoms with van der Waals surface area (Å²) in [5.74, 6) is -1.08. The van der Waals surface area contributed by atoms with Crippen LogP contribution in [0.4, 0.5) is 5.69 Å². The number of amides is 1. The van der Waals surface area contributed by atoms with Crippen molar-refractivity contribution >= 4 is 27.6 Å². The highest BCUT2D eigenvalue weighted by Crippen LogP contribution is 2.55. The lowest BCUT2D eigenvalue weighted by atomic mass is 9.93. The van der Waals surface area contributed by atoms with E-state index in [0.29, 0.717) is 23.4 Å². The fourth-order valence-corrected chi connectivity index (χ4v) is 4.50. The third-order valence-corrected chi connectivity index (χ3v) is 6.48. The number of methoxy groups -OCH3 is 2. The van der Waals surface area contributed by atoms with Gasteiger partial charge in [0, 0.05) is 5.69 Å². The molecule has 1 amide bonds. The topological polar surface area (TPSA) is 125 Å². The highest BCUT2D eigenvalue weighted by Gasteiger charge is 2.63. The highest BCUT2D eigenvalue weighted by atomic mass is 32.2. The molecule has 29 heavy (non-hydrogen) atoms. The lowest BCUT2D eigenvalue weighted by Crippen LogP contribution is -2.28. The first kappa shape index (κ1) is 20.7. The maximum atomic E-state index is 12.6. The number of primary amides is 1. The second-order valence-electron chi connectivity index (χ2n) is 6.96. The van der Waals surface area contributed by atoms with E-state index in [0.717, 1.165) is 0 Å². The predicted molar refractivity (Wildman–Crippen MR) is 106 cm³/mol. The van der Waals surface area contributed by atoms with Crippen LogP contribution in [0.25, 0.3) is 0 Å². The number of esters is 1. The van der Waals surface area contributed by atoms with Gasteiger partial charge in [-0.15, -0.1) is 0 Å². The largest absolute Gasteiger partial charge is 0.497 e. The molecule has 9 heteroatoms. The Hall–Kier alpha value is -3.07. The van der Waals surface area contributed by atoms with Crippen LogP contribution in [0, 0.1) is 11.3 Å². The number of hydrogen-bond acceptors (Lipinski definition) is 6. The SMILES string of the molecule is COC(=O)C1(Cc2cccc(NS(=O)(=O)c3ccc(OC)cc3)c2)CC1C(N)=O. The van der Waals surface area contributed by atoms with Crippen molar-refractivity contribution in [1.82, 2.24) is 0 Å². The lowest BCUT2D eigenvalue weighted by molar-refractivity contribution is -0.148. The fourth-order valence-electron chi connectivity index (χ4n) is 3.45. The van der Waals surface area contributed by atoms with E-state index in [1.54, 1.807) is 36.4 Å². The summed E-state index contributed by atoms with van der Waals surface area (Å²) in [6.07, 6.45) is 0.544. The summed E-state index contributed by atoms with van der Waals surface area (Å²) in [6, 6.07) is 12.7. The maximum Gasteiger partial charge on any atom is 0.312 e. The van der Waals surface area contributed by atoms with Crippen molar-refractivity contribution in [2.45, 2.75) is 17.7 Å². The summed E-state index contributed by atoms with van der Waals surface area (Å²) >= 11 is 0. The zero-order chi connectivity index (χ0) is 21.2. The van der Waals surface area contributed by atoms with Crippen LogP contribution >= 0.6 is 0 Å². The van der Waals surface area contributed by atoms with Crippen LogP contribution in [0.2, 0.25) is 0 Å². The van der Waals surface area contributed by atoms with Crippen LogP contribution in [-0.2, 0) is 30.8 Å². The molecule has 0 radical (unpaired) electrons. The van der Waals surface area contributed by atoms with Crippen molar-refractivity contribution in [3.8, 4) is 5.75 Å². The van der Waals surface area contributed by atoms with E-state index in [-0.39, 0.29) is 11.3 Å². The standard InChI is InChI=1S/C20H22N2O6S/c1-27-15-6-8-16(9-7-15)29(25,26)22-14-5-3-4-13(10-14)11-20(19(24)28-2)12-17(20)18(21)23/h3-10,17,22H,11-12H2,1-2H3,(H2,21,23). The van der Waals surface area contributed by atoms with Gasteiger partial charge in [-0.1, -0.05) is 12.1 Å². The minimum Gasteiger partial charge on any atom is -0.497 e. The molecule has 154 valence electrons. The van der Waals surface area contributed by atoms with Gasteiger partial charge in [0.15, 0.2) is 0 Å². The van der Waals surface area contributed by atoms with Gasteiger partial charge in [-0.2, -0.15) is 0 Å². The molecule has 2 aromatic carbocycles. The number of hydrogen-bond donors (Lipinski definition) is 2. The molecule has 0 saturated heterocycles. The van der Waals surface area contributed by atoms with Crippen LogP contribution in [0.1, 0.15) is 12.0 Å². The second-order valence-corrected chi connectivity index (χ2v) is 8.65. The Kier molecular flexibility index (Phi) is 5.52. The number of sulfonamides is 1. The number of carbonyl (C=O) groups excluding carboxylic acids is 2. The lowest BCUT2D eigenvalue weighted by Gasteiger charge is -2.15. The molecule has 3 rings (SSSR count). The van der Waals surface area contributed by atoms with Crippen molar-refractivity contribution in [1.29, 1.82) is 0 Å². The van der Waals surface area contributed by atoms with Gasteiger partial charge in [0.25, 0.3) is 10.0 Å². The van der Waals surface area contributed by atoms with E-state index in [4.69, 9.17) is 15.2 Å². The molecule has 1 aliphatic carbocycles. The summed E-state index contributed by atoms with van der Waals surface area (Å²) in [5.41, 5.74) is 5.41. The van der Waals surface area contributed by atoms with Gasteiger partial charge in [0.2, 0.25) is 5.91 Å². The molecule has 0 spiro atoms. The molecule has 3 N–H and O–H groups in total. The number of rotatable bonds is 8.